The molecule has 1 heterocycles. The zero-order valence-electron chi connectivity index (χ0n) is 8.75. The number of nitrogens with zero attached hydrogens (tertiary/aromatic N) is 1. The van der Waals surface area contributed by atoms with E-state index in [2.05, 4.69) is 20.9 Å². The van der Waals surface area contributed by atoms with Gasteiger partial charge in [-0.2, -0.15) is 0 Å². The molecule has 0 atom stereocenters. The minimum absolute atomic E-state index is 0.0307. The molecule has 80 valence electrons. The molecule has 3 nitrogen and oxygen atoms in total. The number of Topliss-reactive ketones (excluding diaryl/α,β-unsaturated/α-hetero) is 1. The monoisotopic (exact) mass is 268 g/mol. The van der Waals surface area contributed by atoms with Crippen LogP contribution in [0, 0.1) is 11.3 Å². The summed E-state index contributed by atoms with van der Waals surface area (Å²) in [7, 11) is 0. The van der Waals surface area contributed by atoms with E-state index in [1.807, 2.05) is 13.8 Å². The first-order chi connectivity index (χ1) is 7.00. The molecule has 0 amide bonds. The summed E-state index contributed by atoms with van der Waals surface area (Å²) in [4.78, 5) is 15.7. The van der Waals surface area contributed by atoms with Gasteiger partial charge in [0.25, 0.3) is 0 Å². The third kappa shape index (κ3) is 3.55. The normalized spacial score (nSPS) is 10.4. The minimum Gasteiger partial charge on any atom is -0.309 e. The van der Waals surface area contributed by atoms with Crippen molar-refractivity contribution in [2.45, 2.75) is 20.3 Å². The summed E-state index contributed by atoms with van der Waals surface area (Å²) in [5, 5.41) is 7.63. The van der Waals surface area contributed by atoms with Crippen molar-refractivity contribution >= 4 is 27.4 Å². The maximum atomic E-state index is 11.7. The Balaban J connectivity index is 2.74. The van der Waals surface area contributed by atoms with Crippen LogP contribution in [0.2, 0.25) is 0 Å². The largest absolute Gasteiger partial charge is 0.309 e. The maximum absolute atomic E-state index is 11.7. The van der Waals surface area contributed by atoms with E-state index in [-0.39, 0.29) is 18.1 Å². The van der Waals surface area contributed by atoms with Crippen LogP contribution < -0.4 is 0 Å². The van der Waals surface area contributed by atoms with Gasteiger partial charge in [-0.15, -0.1) is 0 Å². The molecule has 0 bridgehead atoms. The number of hydrogen-bond acceptors (Lipinski definition) is 3. The molecule has 1 rings (SSSR count). The number of aromatic nitrogens is 1. The van der Waals surface area contributed by atoms with Crippen LogP contribution in [-0.2, 0) is 0 Å². The van der Waals surface area contributed by atoms with Crippen LogP contribution in [0.1, 0.15) is 30.6 Å². The quantitative estimate of drug-likeness (QED) is 0.518. The molecule has 0 aliphatic heterocycles. The summed E-state index contributed by atoms with van der Waals surface area (Å²) in [5.41, 5.74) is 1.07. The van der Waals surface area contributed by atoms with E-state index < -0.39 is 0 Å². The highest BCUT2D eigenvalue weighted by Gasteiger charge is 2.11. The van der Waals surface area contributed by atoms with Crippen molar-refractivity contribution < 1.29 is 4.79 Å². The van der Waals surface area contributed by atoms with E-state index in [1.54, 1.807) is 18.3 Å². The molecule has 0 spiro atoms. The lowest BCUT2D eigenvalue weighted by molar-refractivity contribution is 0.0999. The molecule has 0 fully saturated rings. The van der Waals surface area contributed by atoms with Gasteiger partial charge in [0.15, 0.2) is 5.78 Å². The predicted molar refractivity (Wildman–Crippen MR) is 63.4 cm³/mol. The maximum Gasteiger partial charge on any atom is 0.168 e. The third-order valence-electron chi connectivity index (χ3n) is 2.10. The molecule has 0 saturated carbocycles. The van der Waals surface area contributed by atoms with Crippen molar-refractivity contribution in [3.63, 3.8) is 0 Å². The fraction of sp³-hybridized carbons (Fsp3) is 0.364. The van der Waals surface area contributed by atoms with Gasteiger partial charge in [0, 0.05) is 23.9 Å². The minimum atomic E-state index is -0.0307. The average molecular weight is 269 g/mol. The van der Waals surface area contributed by atoms with E-state index in [0.717, 1.165) is 0 Å². The lowest BCUT2D eigenvalue weighted by Crippen LogP contribution is -2.12. The third-order valence-corrected chi connectivity index (χ3v) is 2.53. The molecule has 4 heteroatoms. The second-order valence-corrected chi connectivity index (χ2v) is 4.46. The smallest absolute Gasteiger partial charge is 0.168 e. The van der Waals surface area contributed by atoms with Gasteiger partial charge in [0.1, 0.15) is 4.60 Å². The van der Waals surface area contributed by atoms with E-state index in [4.69, 9.17) is 5.41 Å². The highest BCUT2D eigenvalue weighted by atomic mass is 79.9. The number of halogens is 1. The number of rotatable bonds is 4. The van der Waals surface area contributed by atoms with Gasteiger partial charge in [-0.1, -0.05) is 13.8 Å². The second kappa shape index (κ2) is 5.16. The Bertz CT molecular complexity index is 388. The Morgan fingerprint density at radius 1 is 1.60 bits per heavy atom. The molecular formula is C11H13BrN2O. The fourth-order valence-corrected chi connectivity index (χ4v) is 1.42. The summed E-state index contributed by atoms with van der Waals surface area (Å²) >= 11 is 3.21. The van der Waals surface area contributed by atoms with Gasteiger partial charge in [-0.05, 0) is 34.0 Å². The first kappa shape index (κ1) is 12.0. The fourth-order valence-electron chi connectivity index (χ4n) is 1.06. The number of carbonyl (C=O) groups is 1. The molecule has 1 N–H and O–H groups in total. The van der Waals surface area contributed by atoms with Crippen LogP contribution in [0.4, 0.5) is 0 Å². The zero-order valence-corrected chi connectivity index (χ0v) is 10.3. The summed E-state index contributed by atoms with van der Waals surface area (Å²) < 4.78 is 0.643. The second-order valence-electron chi connectivity index (χ2n) is 3.65. The molecule has 0 saturated heterocycles. The molecule has 1 aromatic rings. The molecule has 1 aromatic heterocycles. The van der Waals surface area contributed by atoms with Crippen molar-refractivity contribution in [1.82, 2.24) is 4.98 Å². The molecular weight excluding hydrogens is 256 g/mol. The molecule has 15 heavy (non-hydrogen) atoms. The van der Waals surface area contributed by atoms with E-state index in [0.29, 0.717) is 15.9 Å². The molecule has 0 aliphatic carbocycles. The van der Waals surface area contributed by atoms with E-state index in [9.17, 15) is 4.79 Å². The van der Waals surface area contributed by atoms with Gasteiger partial charge in [-0.25, -0.2) is 4.98 Å². The van der Waals surface area contributed by atoms with Crippen LogP contribution in [0.3, 0.4) is 0 Å². The Morgan fingerprint density at radius 3 is 2.80 bits per heavy atom. The van der Waals surface area contributed by atoms with Gasteiger partial charge in [0.05, 0.1) is 0 Å². The lowest BCUT2D eigenvalue weighted by atomic mass is 10.00. The highest BCUT2D eigenvalue weighted by Crippen LogP contribution is 2.11. The van der Waals surface area contributed by atoms with Crippen LogP contribution in [-0.4, -0.2) is 16.5 Å². The van der Waals surface area contributed by atoms with Crippen molar-refractivity contribution in [3.05, 3.63) is 28.5 Å². The number of ketones is 1. The standard InChI is InChI=1S/C11H13BrN2O/c1-7(2)9(13)6-10(15)8-3-4-14-11(12)5-8/h3-5,7,13H,6H2,1-2H3. The summed E-state index contributed by atoms with van der Waals surface area (Å²) in [5.74, 6) is 0.0935. The summed E-state index contributed by atoms with van der Waals surface area (Å²) in [6.07, 6.45) is 1.77. The topological polar surface area (TPSA) is 53.8 Å². The molecule has 0 aliphatic rings. The van der Waals surface area contributed by atoms with E-state index >= 15 is 0 Å². The Kier molecular flexibility index (Phi) is 4.15. The van der Waals surface area contributed by atoms with Gasteiger partial charge in [-0.3, -0.25) is 4.79 Å². The average Bonchev–Trinajstić information content (AvgIpc) is 2.17. The first-order valence-electron chi connectivity index (χ1n) is 4.72. The number of carbonyl (C=O) groups excluding carboxylic acids is 1. The van der Waals surface area contributed by atoms with Gasteiger partial charge < -0.3 is 5.41 Å². The van der Waals surface area contributed by atoms with Crippen molar-refractivity contribution in [2.24, 2.45) is 5.92 Å². The van der Waals surface area contributed by atoms with Crippen LogP contribution in [0.25, 0.3) is 0 Å². The summed E-state index contributed by atoms with van der Waals surface area (Å²) in [6.45, 7) is 3.83. The Morgan fingerprint density at radius 2 is 2.27 bits per heavy atom. The number of nitrogens with one attached hydrogen (secondary N) is 1. The Hall–Kier alpha value is -1.03. The van der Waals surface area contributed by atoms with Gasteiger partial charge >= 0.3 is 0 Å². The van der Waals surface area contributed by atoms with Crippen molar-refractivity contribution in [3.8, 4) is 0 Å². The number of pyridine rings is 1. The Labute approximate surface area is 97.6 Å². The highest BCUT2D eigenvalue weighted by molar-refractivity contribution is 9.10. The molecule has 0 radical (unpaired) electrons. The van der Waals surface area contributed by atoms with Crippen molar-refractivity contribution in [1.29, 1.82) is 5.41 Å². The predicted octanol–water partition coefficient (Wildman–Crippen LogP) is 3.09. The van der Waals surface area contributed by atoms with Crippen molar-refractivity contribution in [2.75, 3.05) is 0 Å². The summed E-state index contributed by atoms with van der Waals surface area (Å²) in [6, 6.07) is 3.34. The molecule has 0 aromatic carbocycles. The van der Waals surface area contributed by atoms with Crippen LogP contribution in [0.15, 0.2) is 22.9 Å². The zero-order chi connectivity index (χ0) is 11.4. The van der Waals surface area contributed by atoms with Crippen LogP contribution >= 0.6 is 15.9 Å². The van der Waals surface area contributed by atoms with Gasteiger partial charge in [0.2, 0.25) is 0 Å². The van der Waals surface area contributed by atoms with E-state index in [1.165, 1.54) is 0 Å². The first-order valence-corrected chi connectivity index (χ1v) is 5.52. The van der Waals surface area contributed by atoms with Crippen LogP contribution in [0.5, 0.6) is 0 Å². The SMILES string of the molecule is CC(C)C(=N)CC(=O)c1ccnc(Br)c1. The number of hydrogen-bond donors (Lipinski definition) is 1. The molecule has 0 unspecified atom stereocenters. The lowest BCUT2D eigenvalue weighted by Gasteiger charge is -2.06.